The fraction of sp³-hybridized carbons (Fsp3) is 0.737. The third-order valence-corrected chi connectivity index (χ3v) is 7.23. The van der Waals surface area contributed by atoms with E-state index < -0.39 is 0 Å². The summed E-state index contributed by atoms with van der Waals surface area (Å²) in [6.07, 6.45) is 3.37. The van der Waals surface area contributed by atoms with Gasteiger partial charge in [-0.1, -0.05) is 31.6 Å². The van der Waals surface area contributed by atoms with Gasteiger partial charge in [0, 0.05) is 51.0 Å². The molecule has 3 fully saturated rings. The molecule has 1 saturated carbocycles. The van der Waals surface area contributed by atoms with Crippen molar-refractivity contribution in [3.8, 4) is 0 Å². The molecular formula is C19H27N5O3S. The first kappa shape index (κ1) is 19.3. The fourth-order valence-electron chi connectivity index (χ4n) is 3.95. The van der Waals surface area contributed by atoms with Crippen LogP contribution >= 0.6 is 11.3 Å². The second-order valence-corrected chi connectivity index (χ2v) is 9.25. The van der Waals surface area contributed by atoms with Crippen LogP contribution in [0.5, 0.6) is 0 Å². The van der Waals surface area contributed by atoms with E-state index in [1.54, 1.807) is 4.90 Å². The molecule has 2 saturated heterocycles. The standard InChI is InChI=1S/C19H27N5O3S/c1-12(2)16-20-21-19(28-16)24-11-14(10-15(24)25)18(27)23-8-6-22(7-9-23)17(26)13-4-3-5-13/h12-14H,3-11H2,1-2H3. The van der Waals surface area contributed by atoms with Crippen LogP contribution in [-0.2, 0) is 14.4 Å². The lowest BCUT2D eigenvalue weighted by atomic mass is 9.84. The van der Waals surface area contributed by atoms with Crippen LogP contribution < -0.4 is 4.90 Å². The van der Waals surface area contributed by atoms with Crippen LogP contribution in [0.1, 0.15) is 50.5 Å². The Bertz CT molecular complexity index is 767. The van der Waals surface area contributed by atoms with E-state index in [9.17, 15) is 14.4 Å². The second-order valence-electron chi connectivity index (χ2n) is 8.26. The summed E-state index contributed by atoms with van der Waals surface area (Å²) in [5.74, 6) is 0.320. The van der Waals surface area contributed by atoms with E-state index in [0.717, 1.165) is 24.3 Å². The normalized spacial score (nSPS) is 23.5. The van der Waals surface area contributed by atoms with Crippen molar-refractivity contribution in [3.05, 3.63) is 5.01 Å². The maximum atomic E-state index is 12.9. The van der Waals surface area contributed by atoms with Crippen molar-refractivity contribution in [2.75, 3.05) is 37.6 Å². The van der Waals surface area contributed by atoms with E-state index in [2.05, 4.69) is 10.2 Å². The highest BCUT2D eigenvalue weighted by Gasteiger charge is 2.40. The number of amides is 3. The molecule has 1 atom stereocenters. The lowest BCUT2D eigenvalue weighted by Gasteiger charge is -2.38. The number of carbonyl (C=O) groups excluding carboxylic acids is 3. The molecule has 3 heterocycles. The molecule has 152 valence electrons. The molecule has 9 heteroatoms. The van der Waals surface area contributed by atoms with Gasteiger partial charge in [-0.25, -0.2) is 0 Å². The summed E-state index contributed by atoms with van der Waals surface area (Å²) in [5, 5.41) is 9.76. The number of nitrogens with zero attached hydrogens (tertiary/aromatic N) is 5. The van der Waals surface area contributed by atoms with Gasteiger partial charge in [0.15, 0.2) is 0 Å². The van der Waals surface area contributed by atoms with Crippen LogP contribution in [0.3, 0.4) is 0 Å². The van der Waals surface area contributed by atoms with Gasteiger partial charge in [-0.05, 0) is 12.8 Å². The number of anilines is 1. The van der Waals surface area contributed by atoms with Gasteiger partial charge in [-0.15, -0.1) is 10.2 Å². The fourth-order valence-corrected chi connectivity index (χ4v) is 4.82. The van der Waals surface area contributed by atoms with Crippen LogP contribution in [0.15, 0.2) is 0 Å². The van der Waals surface area contributed by atoms with Crippen LogP contribution in [0.25, 0.3) is 0 Å². The van der Waals surface area contributed by atoms with Gasteiger partial charge < -0.3 is 9.80 Å². The predicted molar refractivity (Wildman–Crippen MR) is 105 cm³/mol. The van der Waals surface area contributed by atoms with Crippen molar-refractivity contribution in [1.29, 1.82) is 0 Å². The van der Waals surface area contributed by atoms with Crippen molar-refractivity contribution in [1.82, 2.24) is 20.0 Å². The molecule has 3 aliphatic rings. The molecule has 1 aromatic rings. The molecule has 8 nitrogen and oxygen atoms in total. The average molecular weight is 406 g/mol. The molecule has 0 radical (unpaired) electrons. The Morgan fingerprint density at radius 1 is 1.00 bits per heavy atom. The Kier molecular flexibility index (Phi) is 5.35. The van der Waals surface area contributed by atoms with Gasteiger partial charge in [-0.3, -0.25) is 19.3 Å². The second kappa shape index (κ2) is 7.77. The maximum Gasteiger partial charge on any atom is 0.229 e. The third-order valence-electron chi connectivity index (χ3n) is 5.99. The number of hydrogen-bond acceptors (Lipinski definition) is 6. The van der Waals surface area contributed by atoms with Crippen LogP contribution in [-0.4, -0.2) is 70.4 Å². The summed E-state index contributed by atoms with van der Waals surface area (Å²) < 4.78 is 0. The first-order valence-corrected chi connectivity index (χ1v) is 11.0. The number of piperazine rings is 1. The van der Waals surface area contributed by atoms with E-state index in [4.69, 9.17) is 0 Å². The highest BCUT2D eigenvalue weighted by Crippen LogP contribution is 2.32. The van der Waals surface area contributed by atoms with Gasteiger partial charge >= 0.3 is 0 Å². The third kappa shape index (κ3) is 3.64. The predicted octanol–water partition coefficient (Wildman–Crippen LogP) is 1.49. The molecular weight excluding hydrogens is 378 g/mol. The Labute approximate surface area is 168 Å². The lowest BCUT2D eigenvalue weighted by molar-refractivity contribution is -0.145. The van der Waals surface area contributed by atoms with E-state index in [1.807, 2.05) is 23.6 Å². The molecule has 1 aliphatic carbocycles. The van der Waals surface area contributed by atoms with Crippen LogP contribution in [0.4, 0.5) is 5.13 Å². The molecule has 0 N–H and O–H groups in total. The van der Waals surface area contributed by atoms with Crippen LogP contribution in [0, 0.1) is 11.8 Å². The smallest absolute Gasteiger partial charge is 0.229 e. The zero-order valence-corrected chi connectivity index (χ0v) is 17.3. The van der Waals surface area contributed by atoms with E-state index in [0.29, 0.717) is 37.9 Å². The topological polar surface area (TPSA) is 86.7 Å². The zero-order chi connectivity index (χ0) is 19.8. The Balaban J connectivity index is 1.33. The van der Waals surface area contributed by atoms with Gasteiger partial charge in [0.25, 0.3) is 0 Å². The summed E-state index contributed by atoms with van der Waals surface area (Å²) in [4.78, 5) is 43.0. The summed E-state index contributed by atoms with van der Waals surface area (Å²) in [7, 11) is 0. The minimum Gasteiger partial charge on any atom is -0.339 e. The average Bonchev–Trinajstić information content (AvgIpc) is 3.26. The number of rotatable bonds is 4. The summed E-state index contributed by atoms with van der Waals surface area (Å²) >= 11 is 1.42. The van der Waals surface area contributed by atoms with Crippen molar-refractivity contribution in [3.63, 3.8) is 0 Å². The molecule has 1 unspecified atom stereocenters. The summed E-state index contributed by atoms with van der Waals surface area (Å²) in [6.45, 7) is 6.75. The molecule has 2 aliphatic heterocycles. The van der Waals surface area contributed by atoms with Crippen molar-refractivity contribution in [2.24, 2.45) is 11.8 Å². The molecule has 0 bridgehead atoms. The molecule has 4 rings (SSSR count). The molecule has 28 heavy (non-hydrogen) atoms. The zero-order valence-electron chi connectivity index (χ0n) is 16.5. The van der Waals surface area contributed by atoms with Crippen molar-refractivity contribution < 1.29 is 14.4 Å². The van der Waals surface area contributed by atoms with Crippen LogP contribution in [0.2, 0.25) is 0 Å². The summed E-state index contributed by atoms with van der Waals surface area (Å²) in [6, 6.07) is 0. The SMILES string of the molecule is CC(C)c1nnc(N2CC(C(=O)N3CCN(C(=O)C4CCC4)CC3)CC2=O)s1. The Morgan fingerprint density at radius 2 is 1.61 bits per heavy atom. The number of hydrogen-bond donors (Lipinski definition) is 0. The highest BCUT2D eigenvalue weighted by molar-refractivity contribution is 7.15. The first-order chi connectivity index (χ1) is 13.4. The van der Waals surface area contributed by atoms with Gasteiger partial charge in [0.1, 0.15) is 5.01 Å². The highest BCUT2D eigenvalue weighted by atomic mass is 32.1. The van der Waals surface area contributed by atoms with Gasteiger partial charge in [-0.2, -0.15) is 0 Å². The van der Waals surface area contributed by atoms with E-state index in [-0.39, 0.29) is 41.9 Å². The maximum absolute atomic E-state index is 12.9. The van der Waals surface area contributed by atoms with Gasteiger partial charge in [0.05, 0.1) is 5.92 Å². The molecule has 3 amide bonds. The molecule has 0 aromatic carbocycles. The largest absolute Gasteiger partial charge is 0.339 e. The summed E-state index contributed by atoms with van der Waals surface area (Å²) in [5.41, 5.74) is 0. The van der Waals surface area contributed by atoms with Gasteiger partial charge in [0.2, 0.25) is 22.9 Å². The Hall–Kier alpha value is -2.03. The number of carbonyl (C=O) groups is 3. The Morgan fingerprint density at radius 3 is 2.11 bits per heavy atom. The van der Waals surface area contributed by atoms with E-state index in [1.165, 1.54) is 11.3 Å². The molecule has 1 aromatic heterocycles. The molecule has 0 spiro atoms. The van der Waals surface area contributed by atoms with E-state index >= 15 is 0 Å². The van der Waals surface area contributed by atoms with Crippen molar-refractivity contribution >= 4 is 34.2 Å². The number of aromatic nitrogens is 2. The minimum absolute atomic E-state index is 0.0141. The quantitative estimate of drug-likeness (QED) is 0.757. The minimum atomic E-state index is -0.340. The lowest BCUT2D eigenvalue weighted by Crippen LogP contribution is -2.53. The monoisotopic (exact) mass is 405 g/mol. The first-order valence-electron chi connectivity index (χ1n) is 10.2. The van der Waals surface area contributed by atoms with Crippen molar-refractivity contribution in [2.45, 2.75) is 45.4 Å².